The van der Waals surface area contributed by atoms with Gasteiger partial charge in [-0.05, 0) is 46.5 Å². The summed E-state index contributed by atoms with van der Waals surface area (Å²) < 4.78 is 4.48. The van der Waals surface area contributed by atoms with E-state index >= 15 is 0 Å². The van der Waals surface area contributed by atoms with Gasteiger partial charge in [-0.3, -0.25) is 0 Å². The molecule has 2 aromatic heterocycles. The quantitative estimate of drug-likeness (QED) is 0.176. The molecule has 0 spiro atoms. The second-order valence-corrected chi connectivity index (χ2v) is 11.0. The molecule has 5 aromatic rings. The average molecular weight is 553 g/mol. The molecule has 0 bridgehead atoms. The van der Waals surface area contributed by atoms with Crippen molar-refractivity contribution in [3.05, 3.63) is 155 Å². The second kappa shape index (κ2) is 13.6. The van der Waals surface area contributed by atoms with Crippen LogP contribution in [0.15, 0.2) is 122 Å². The maximum absolute atomic E-state index is 2.24. The van der Waals surface area contributed by atoms with Crippen molar-refractivity contribution < 1.29 is 9.13 Å². The Morgan fingerprint density at radius 1 is 0.429 bits per heavy atom. The Balaban J connectivity index is 1.20. The van der Waals surface area contributed by atoms with Crippen LogP contribution < -0.4 is 18.9 Å². The minimum Gasteiger partial charge on any atom is -0.378 e. The Morgan fingerprint density at radius 2 is 0.738 bits per heavy atom. The predicted octanol–water partition coefficient (Wildman–Crippen LogP) is 6.83. The van der Waals surface area contributed by atoms with Crippen LogP contribution in [0.4, 0.5) is 11.4 Å². The molecule has 0 amide bonds. The maximum Gasteiger partial charge on any atom is 0.174 e. The number of anilines is 2. The Bertz CT molecular complexity index is 1500. The van der Waals surface area contributed by atoms with Gasteiger partial charge < -0.3 is 9.80 Å². The van der Waals surface area contributed by atoms with E-state index in [-0.39, 0.29) is 0 Å². The lowest BCUT2D eigenvalue weighted by atomic mass is 10.1. The third-order valence-electron chi connectivity index (χ3n) is 7.41. The van der Waals surface area contributed by atoms with Crippen LogP contribution in [0.25, 0.3) is 24.3 Å². The normalized spacial score (nSPS) is 11.3. The summed E-state index contributed by atoms with van der Waals surface area (Å²) in [7, 11) is 8.24. The van der Waals surface area contributed by atoms with Gasteiger partial charge in [0.05, 0.1) is 0 Å². The van der Waals surface area contributed by atoms with E-state index in [9.17, 15) is 0 Å². The highest BCUT2D eigenvalue weighted by Gasteiger charge is 2.11. The zero-order valence-electron chi connectivity index (χ0n) is 25.1. The van der Waals surface area contributed by atoms with Gasteiger partial charge in [0.1, 0.15) is 0 Å². The van der Waals surface area contributed by atoms with Gasteiger partial charge in [0.15, 0.2) is 37.9 Å². The summed E-state index contributed by atoms with van der Waals surface area (Å²) in [5.41, 5.74) is 9.83. The van der Waals surface area contributed by atoms with Crippen molar-refractivity contribution in [1.82, 2.24) is 0 Å². The molecule has 4 nitrogen and oxygen atoms in total. The first-order valence-electron chi connectivity index (χ1n) is 14.4. The summed E-state index contributed by atoms with van der Waals surface area (Å²) in [6.07, 6.45) is 17.3. The number of hydrogen-bond donors (Lipinski definition) is 0. The molecule has 5 rings (SSSR count). The molecule has 0 N–H and O–H groups in total. The molecule has 210 valence electrons. The molecule has 2 heterocycles. The van der Waals surface area contributed by atoms with Crippen LogP contribution in [0.2, 0.25) is 0 Å². The number of pyridine rings is 2. The highest BCUT2D eigenvalue weighted by molar-refractivity contribution is 5.71. The van der Waals surface area contributed by atoms with Crippen LogP contribution in [-0.2, 0) is 13.1 Å². The monoisotopic (exact) mass is 552 g/mol. The molecule has 0 unspecified atom stereocenters. The highest BCUT2D eigenvalue weighted by atomic mass is 15.1. The number of nitrogens with zero attached hydrogens (tertiary/aromatic N) is 4. The van der Waals surface area contributed by atoms with Crippen LogP contribution in [-0.4, -0.2) is 28.2 Å². The first kappa shape index (κ1) is 28.6. The molecule has 0 atom stereocenters. The summed E-state index contributed by atoms with van der Waals surface area (Å²) in [6, 6.07) is 34.6. The lowest BCUT2D eigenvalue weighted by Gasteiger charge is -2.11. The molecule has 0 radical (unpaired) electrons. The van der Waals surface area contributed by atoms with Crippen molar-refractivity contribution in [2.75, 3.05) is 38.0 Å². The fourth-order valence-electron chi connectivity index (χ4n) is 4.78. The third-order valence-corrected chi connectivity index (χ3v) is 7.41. The standard InChI is InChI=1S/C38H40N4/c1-39(2)37-17-13-31(14-18-37)9-11-33-21-25-41(26-22-33)29-35-7-5-6-8-36(35)30-42-27-23-34(24-28-42)12-10-32-15-19-38(20-16-32)40(3)4/h5-28H,29-30H2,1-4H3/q+2. The fourth-order valence-corrected chi connectivity index (χ4v) is 4.78. The fraction of sp³-hybridized carbons (Fsp3) is 0.158. The molecule has 0 aliphatic heterocycles. The van der Waals surface area contributed by atoms with E-state index in [1.54, 1.807) is 0 Å². The van der Waals surface area contributed by atoms with Gasteiger partial charge in [0.25, 0.3) is 0 Å². The first-order valence-corrected chi connectivity index (χ1v) is 14.4. The largest absolute Gasteiger partial charge is 0.378 e. The van der Waals surface area contributed by atoms with Gasteiger partial charge in [0.2, 0.25) is 0 Å². The summed E-state index contributed by atoms with van der Waals surface area (Å²) >= 11 is 0. The van der Waals surface area contributed by atoms with Crippen molar-refractivity contribution in [2.45, 2.75) is 13.1 Å². The van der Waals surface area contributed by atoms with Crippen molar-refractivity contribution in [1.29, 1.82) is 0 Å². The Kier molecular flexibility index (Phi) is 9.25. The van der Waals surface area contributed by atoms with Crippen LogP contribution in [0.5, 0.6) is 0 Å². The number of rotatable bonds is 10. The highest BCUT2D eigenvalue weighted by Crippen LogP contribution is 2.16. The minimum atomic E-state index is 0.833. The van der Waals surface area contributed by atoms with Gasteiger partial charge in [-0.2, -0.15) is 0 Å². The SMILES string of the molecule is CN(C)c1ccc(C=Cc2cc[n+](Cc3ccccc3C[n+]3ccc(C=Cc4ccc(N(C)C)cc4)cc3)cc2)cc1. The van der Waals surface area contributed by atoms with Crippen molar-refractivity contribution in [2.24, 2.45) is 0 Å². The summed E-state index contributed by atoms with van der Waals surface area (Å²) in [5.74, 6) is 0. The zero-order valence-corrected chi connectivity index (χ0v) is 25.1. The third kappa shape index (κ3) is 7.82. The zero-order chi connectivity index (χ0) is 29.3. The van der Waals surface area contributed by atoms with Gasteiger partial charge >= 0.3 is 0 Å². The molecular weight excluding hydrogens is 512 g/mol. The van der Waals surface area contributed by atoms with E-state index in [1.165, 1.54) is 44.8 Å². The van der Waals surface area contributed by atoms with Gasteiger partial charge in [-0.15, -0.1) is 0 Å². The number of aromatic nitrogens is 2. The van der Waals surface area contributed by atoms with Gasteiger partial charge in [0, 0.05) is 75.0 Å². The van der Waals surface area contributed by atoms with Crippen molar-refractivity contribution in [3.63, 3.8) is 0 Å². The molecule has 0 aliphatic rings. The Morgan fingerprint density at radius 3 is 1.05 bits per heavy atom. The molecule has 0 saturated carbocycles. The maximum atomic E-state index is 2.24. The predicted molar refractivity (Wildman–Crippen MR) is 177 cm³/mol. The number of hydrogen-bond acceptors (Lipinski definition) is 2. The lowest BCUT2D eigenvalue weighted by Crippen LogP contribution is -2.36. The van der Waals surface area contributed by atoms with E-state index in [0.717, 1.165) is 13.1 Å². The van der Waals surface area contributed by atoms with E-state index in [4.69, 9.17) is 0 Å². The Hall–Kier alpha value is -4.96. The van der Waals surface area contributed by atoms with Crippen LogP contribution in [0, 0.1) is 0 Å². The molecule has 42 heavy (non-hydrogen) atoms. The molecule has 3 aromatic carbocycles. The topological polar surface area (TPSA) is 14.2 Å². The van der Waals surface area contributed by atoms with Crippen LogP contribution in [0.3, 0.4) is 0 Å². The minimum absolute atomic E-state index is 0.833. The van der Waals surface area contributed by atoms with Crippen LogP contribution in [0.1, 0.15) is 33.4 Å². The average Bonchev–Trinajstić information content (AvgIpc) is 3.02. The van der Waals surface area contributed by atoms with Gasteiger partial charge in [-0.25, -0.2) is 9.13 Å². The second-order valence-electron chi connectivity index (χ2n) is 11.0. The lowest BCUT2D eigenvalue weighted by molar-refractivity contribution is -0.693. The van der Waals surface area contributed by atoms with Gasteiger partial charge in [-0.1, -0.05) is 72.8 Å². The van der Waals surface area contributed by atoms with E-state index in [1.807, 2.05) is 0 Å². The molecule has 0 aliphatic carbocycles. The Labute approximate surface area is 250 Å². The van der Waals surface area contributed by atoms with Crippen LogP contribution >= 0.6 is 0 Å². The molecule has 4 heteroatoms. The molecular formula is C38H40N4+2. The van der Waals surface area contributed by atoms with Crippen molar-refractivity contribution >= 4 is 35.7 Å². The smallest absolute Gasteiger partial charge is 0.174 e. The summed E-state index contributed by atoms with van der Waals surface area (Å²) in [5, 5.41) is 0. The molecule has 0 saturated heterocycles. The summed E-state index contributed by atoms with van der Waals surface area (Å²) in [4.78, 5) is 4.23. The van der Waals surface area contributed by atoms with E-state index in [2.05, 4.69) is 193 Å². The van der Waals surface area contributed by atoms with E-state index in [0.29, 0.717) is 0 Å². The molecule has 0 fully saturated rings. The van der Waals surface area contributed by atoms with E-state index < -0.39 is 0 Å². The van der Waals surface area contributed by atoms with Crippen molar-refractivity contribution in [3.8, 4) is 0 Å². The first-order chi connectivity index (χ1) is 20.4. The summed E-state index contributed by atoms with van der Waals surface area (Å²) in [6.45, 7) is 1.67. The number of benzene rings is 3.